The van der Waals surface area contributed by atoms with Gasteiger partial charge in [-0.3, -0.25) is 0 Å². The summed E-state index contributed by atoms with van der Waals surface area (Å²) in [5.74, 6) is -2.31. The monoisotopic (exact) mass is 188 g/mol. The lowest BCUT2D eigenvalue weighted by molar-refractivity contribution is -0.143. The van der Waals surface area contributed by atoms with Crippen molar-refractivity contribution in [1.29, 1.82) is 0 Å². The second-order valence-corrected chi connectivity index (χ2v) is 2.19. The maximum Gasteiger partial charge on any atom is 0.373 e. The number of carbonyl (C=O) groups is 2. The van der Waals surface area contributed by atoms with Crippen molar-refractivity contribution in [2.24, 2.45) is 0 Å². The molecule has 0 aromatic heterocycles. The van der Waals surface area contributed by atoms with Crippen LogP contribution < -0.4 is 0 Å². The maximum absolute atomic E-state index is 11.0. The van der Waals surface area contributed by atoms with Crippen molar-refractivity contribution in [2.45, 2.75) is 13.3 Å². The van der Waals surface area contributed by atoms with Crippen LogP contribution in [0.3, 0.4) is 0 Å². The third kappa shape index (κ3) is 4.84. The number of hydrogen-bond donors (Lipinski definition) is 1. The summed E-state index contributed by atoms with van der Waals surface area (Å²) in [4.78, 5) is 21.2. The molecule has 0 bridgehead atoms. The Labute approximate surface area is 75.9 Å². The lowest BCUT2D eigenvalue weighted by Crippen LogP contribution is -2.11. The van der Waals surface area contributed by atoms with E-state index >= 15 is 0 Å². The van der Waals surface area contributed by atoms with E-state index in [1.165, 1.54) is 7.11 Å². The highest BCUT2D eigenvalue weighted by Crippen LogP contribution is 1.99. The summed E-state index contributed by atoms with van der Waals surface area (Å²) in [7, 11) is 1.21. The molecular weight excluding hydrogens is 176 g/mol. The fourth-order valence-corrected chi connectivity index (χ4v) is 0.579. The van der Waals surface area contributed by atoms with Gasteiger partial charge in [-0.25, -0.2) is 9.59 Å². The van der Waals surface area contributed by atoms with Gasteiger partial charge in [0.2, 0.25) is 5.76 Å². The normalized spacial score (nSPS) is 10.8. The SMILES string of the molecule is CCCOC(=O)/C(=C\C(=O)O)OC. The standard InChI is InChI=1S/C8H12O5/c1-3-4-13-8(11)6(12-2)5-7(9)10/h5H,3-4H2,1-2H3,(H,9,10)/b6-5+. The van der Waals surface area contributed by atoms with Crippen molar-refractivity contribution >= 4 is 11.9 Å². The second kappa shape index (κ2) is 6.05. The highest BCUT2D eigenvalue weighted by atomic mass is 16.6. The van der Waals surface area contributed by atoms with Crippen LogP contribution in [0.5, 0.6) is 0 Å². The molecule has 0 aromatic carbocycles. The fraction of sp³-hybridized carbons (Fsp3) is 0.500. The minimum atomic E-state index is -1.25. The average molecular weight is 188 g/mol. The summed E-state index contributed by atoms with van der Waals surface area (Å²) in [6, 6.07) is 0. The lowest BCUT2D eigenvalue weighted by atomic mass is 10.4. The zero-order chi connectivity index (χ0) is 10.3. The van der Waals surface area contributed by atoms with Crippen molar-refractivity contribution in [2.75, 3.05) is 13.7 Å². The number of methoxy groups -OCH3 is 1. The van der Waals surface area contributed by atoms with Gasteiger partial charge in [-0.1, -0.05) is 6.92 Å². The molecule has 0 heterocycles. The van der Waals surface area contributed by atoms with Gasteiger partial charge in [0.05, 0.1) is 19.8 Å². The van der Waals surface area contributed by atoms with Crippen LogP contribution in [0.25, 0.3) is 0 Å². The Kier molecular flexibility index (Phi) is 5.34. The van der Waals surface area contributed by atoms with Gasteiger partial charge in [-0.05, 0) is 6.42 Å². The van der Waals surface area contributed by atoms with E-state index in [2.05, 4.69) is 9.47 Å². The molecule has 0 spiro atoms. The predicted octanol–water partition coefficient (Wildman–Crippen LogP) is 0.555. The molecule has 0 aliphatic heterocycles. The number of carboxylic acid groups (broad SMARTS) is 1. The average Bonchev–Trinajstić information content (AvgIpc) is 2.09. The van der Waals surface area contributed by atoms with Gasteiger partial charge in [0.15, 0.2) is 0 Å². The number of carboxylic acids is 1. The van der Waals surface area contributed by atoms with E-state index < -0.39 is 11.9 Å². The van der Waals surface area contributed by atoms with Crippen molar-refractivity contribution in [3.05, 3.63) is 11.8 Å². The summed E-state index contributed by atoms with van der Waals surface area (Å²) in [6.45, 7) is 2.08. The number of carbonyl (C=O) groups excluding carboxylic acids is 1. The zero-order valence-electron chi connectivity index (χ0n) is 7.57. The molecule has 13 heavy (non-hydrogen) atoms. The number of ether oxygens (including phenoxy) is 2. The van der Waals surface area contributed by atoms with Crippen LogP contribution in [0.1, 0.15) is 13.3 Å². The van der Waals surface area contributed by atoms with Crippen LogP contribution in [0.15, 0.2) is 11.8 Å². The molecule has 0 rings (SSSR count). The van der Waals surface area contributed by atoms with Crippen molar-refractivity contribution in [1.82, 2.24) is 0 Å². The number of esters is 1. The van der Waals surface area contributed by atoms with Gasteiger partial charge in [-0.15, -0.1) is 0 Å². The Morgan fingerprint density at radius 2 is 2.08 bits per heavy atom. The lowest BCUT2D eigenvalue weighted by Gasteiger charge is -2.04. The van der Waals surface area contributed by atoms with E-state index in [1.807, 2.05) is 6.92 Å². The number of rotatable bonds is 5. The summed E-state index contributed by atoms with van der Waals surface area (Å²) in [6.07, 6.45) is 1.34. The van der Waals surface area contributed by atoms with Crippen LogP contribution in [-0.2, 0) is 19.1 Å². The maximum atomic E-state index is 11.0. The smallest absolute Gasteiger partial charge is 0.373 e. The Hall–Kier alpha value is -1.52. The molecule has 0 aliphatic rings. The Morgan fingerprint density at radius 1 is 1.46 bits per heavy atom. The molecule has 0 fully saturated rings. The molecule has 5 nitrogen and oxygen atoms in total. The van der Waals surface area contributed by atoms with Crippen molar-refractivity contribution in [3.63, 3.8) is 0 Å². The van der Waals surface area contributed by atoms with Crippen LogP contribution in [0.4, 0.5) is 0 Å². The molecule has 74 valence electrons. The van der Waals surface area contributed by atoms with E-state index in [9.17, 15) is 9.59 Å². The van der Waals surface area contributed by atoms with Gasteiger partial charge in [0.25, 0.3) is 0 Å². The summed E-state index contributed by atoms with van der Waals surface area (Å²) < 4.78 is 9.18. The van der Waals surface area contributed by atoms with Gasteiger partial charge >= 0.3 is 11.9 Å². The van der Waals surface area contributed by atoms with Crippen LogP contribution >= 0.6 is 0 Å². The molecular formula is C8H12O5. The minimum absolute atomic E-state index is 0.249. The van der Waals surface area contributed by atoms with E-state index in [-0.39, 0.29) is 12.4 Å². The Morgan fingerprint density at radius 3 is 2.46 bits per heavy atom. The van der Waals surface area contributed by atoms with E-state index in [4.69, 9.17) is 5.11 Å². The molecule has 0 saturated heterocycles. The number of aliphatic carboxylic acids is 1. The highest BCUT2D eigenvalue weighted by molar-refractivity contribution is 5.93. The van der Waals surface area contributed by atoms with Gasteiger partial charge in [-0.2, -0.15) is 0 Å². The molecule has 0 unspecified atom stereocenters. The first kappa shape index (κ1) is 11.5. The molecule has 1 N–H and O–H groups in total. The summed E-state index contributed by atoms with van der Waals surface area (Å²) >= 11 is 0. The third-order valence-electron chi connectivity index (χ3n) is 1.11. The van der Waals surface area contributed by atoms with Crippen molar-refractivity contribution in [3.8, 4) is 0 Å². The third-order valence-corrected chi connectivity index (χ3v) is 1.11. The van der Waals surface area contributed by atoms with Crippen molar-refractivity contribution < 1.29 is 24.2 Å². The first-order chi connectivity index (χ1) is 6.11. The van der Waals surface area contributed by atoms with E-state index in [1.54, 1.807) is 0 Å². The fourth-order valence-electron chi connectivity index (χ4n) is 0.579. The second-order valence-electron chi connectivity index (χ2n) is 2.19. The van der Waals surface area contributed by atoms with Gasteiger partial charge in [0, 0.05) is 0 Å². The molecule has 0 aliphatic carbocycles. The largest absolute Gasteiger partial charge is 0.490 e. The summed E-state index contributed by atoms with van der Waals surface area (Å²) in [5, 5.41) is 8.33. The van der Waals surface area contributed by atoms with Crippen LogP contribution in [0, 0.1) is 0 Å². The first-order valence-corrected chi connectivity index (χ1v) is 3.77. The first-order valence-electron chi connectivity index (χ1n) is 3.77. The minimum Gasteiger partial charge on any atom is -0.490 e. The van der Waals surface area contributed by atoms with E-state index in [0.717, 1.165) is 0 Å². The zero-order valence-corrected chi connectivity index (χ0v) is 7.57. The Balaban J connectivity index is 4.23. The molecule has 0 atom stereocenters. The highest BCUT2D eigenvalue weighted by Gasteiger charge is 2.12. The van der Waals surface area contributed by atoms with Crippen LogP contribution in [-0.4, -0.2) is 30.8 Å². The Bertz CT molecular complexity index is 219. The number of hydrogen-bond acceptors (Lipinski definition) is 4. The quantitative estimate of drug-likeness (QED) is 0.387. The molecule has 5 heteroatoms. The molecule has 0 saturated carbocycles. The molecule has 0 radical (unpaired) electrons. The van der Waals surface area contributed by atoms with E-state index in [0.29, 0.717) is 12.5 Å². The van der Waals surface area contributed by atoms with Gasteiger partial charge in [0.1, 0.15) is 0 Å². The van der Waals surface area contributed by atoms with Crippen LogP contribution in [0.2, 0.25) is 0 Å². The van der Waals surface area contributed by atoms with Gasteiger partial charge < -0.3 is 14.6 Å². The predicted molar refractivity (Wildman–Crippen MR) is 44.0 cm³/mol. The molecule has 0 aromatic rings. The topological polar surface area (TPSA) is 72.8 Å². The summed E-state index contributed by atoms with van der Waals surface area (Å²) in [5.41, 5.74) is 0. The molecule has 0 amide bonds.